The van der Waals surface area contributed by atoms with E-state index in [0.717, 1.165) is 0 Å². The maximum absolute atomic E-state index is 12.3. The van der Waals surface area contributed by atoms with E-state index in [1.54, 1.807) is 33.8 Å². The molecule has 1 aromatic heterocycles. The Morgan fingerprint density at radius 3 is 2.50 bits per heavy atom. The fourth-order valence-corrected chi connectivity index (χ4v) is 1.91. The highest BCUT2D eigenvalue weighted by Gasteiger charge is 2.26. The Morgan fingerprint density at radius 1 is 1.30 bits per heavy atom. The molecular formula is C14H16N2O4. The van der Waals surface area contributed by atoms with E-state index in [0.29, 0.717) is 16.9 Å². The van der Waals surface area contributed by atoms with Crippen molar-refractivity contribution in [2.24, 2.45) is 0 Å². The highest BCUT2D eigenvalue weighted by atomic mass is 16.6. The van der Waals surface area contributed by atoms with Gasteiger partial charge in [0.1, 0.15) is 22.5 Å². The SMILES string of the molecule is Cc1nc2c(C(=O)OC(C)(C)C)c(C(=O)O)ccc2[nH]1. The molecule has 0 radical (unpaired) electrons. The summed E-state index contributed by atoms with van der Waals surface area (Å²) in [7, 11) is 0. The molecule has 0 aliphatic rings. The molecule has 0 atom stereocenters. The van der Waals surface area contributed by atoms with E-state index >= 15 is 0 Å². The van der Waals surface area contributed by atoms with E-state index in [-0.39, 0.29) is 11.1 Å². The number of carboxylic acid groups (broad SMARTS) is 1. The average molecular weight is 276 g/mol. The fraction of sp³-hybridized carbons (Fsp3) is 0.357. The number of hydrogen-bond donors (Lipinski definition) is 2. The second-order valence-electron chi connectivity index (χ2n) is 5.51. The largest absolute Gasteiger partial charge is 0.478 e. The number of nitrogens with zero attached hydrogens (tertiary/aromatic N) is 1. The Morgan fingerprint density at radius 2 is 1.95 bits per heavy atom. The summed E-state index contributed by atoms with van der Waals surface area (Å²) < 4.78 is 5.28. The summed E-state index contributed by atoms with van der Waals surface area (Å²) in [5, 5.41) is 9.23. The number of H-pyrrole nitrogens is 1. The van der Waals surface area contributed by atoms with Crippen LogP contribution in [0.2, 0.25) is 0 Å². The molecule has 6 nitrogen and oxygen atoms in total. The molecule has 0 saturated carbocycles. The monoisotopic (exact) mass is 276 g/mol. The quantitative estimate of drug-likeness (QED) is 0.822. The van der Waals surface area contributed by atoms with Gasteiger partial charge in [-0.05, 0) is 39.8 Å². The number of benzene rings is 1. The summed E-state index contributed by atoms with van der Waals surface area (Å²) in [4.78, 5) is 30.7. The van der Waals surface area contributed by atoms with E-state index in [4.69, 9.17) is 4.74 Å². The summed E-state index contributed by atoms with van der Waals surface area (Å²) in [5.74, 6) is -1.27. The van der Waals surface area contributed by atoms with E-state index in [2.05, 4.69) is 9.97 Å². The summed E-state index contributed by atoms with van der Waals surface area (Å²) >= 11 is 0. The van der Waals surface area contributed by atoms with Crippen LogP contribution in [0, 0.1) is 6.92 Å². The number of aryl methyl sites for hydroxylation is 1. The third-order valence-corrected chi connectivity index (χ3v) is 2.61. The van der Waals surface area contributed by atoms with Crippen LogP contribution in [0.5, 0.6) is 0 Å². The van der Waals surface area contributed by atoms with Crippen LogP contribution < -0.4 is 0 Å². The topological polar surface area (TPSA) is 92.3 Å². The van der Waals surface area contributed by atoms with Crippen LogP contribution >= 0.6 is 0 Å². The molecule has 0 bridgehead atoms. The van der Waals surface area contributed by atoms with Crippen molar-refractivity contribution >= 4 is 23.0 Å². The molecule has 20 heavy (non-hydrogen) atoms. The maximum Gasteiger partial charge on any atom is 0.341 e. The van der Waals surface area contributed by atoms with Crippen LogP contribution in [0.4, 0.5) is 0 Å². The molecular weight excluding hydrogens is 260 g/mol. The molecule has 2 N–H and O–H groups in total. The third-order valence-electron chi connectivity index (χ3n) is 2.61. The van der Waals surface area contributed by atoms with Crippen molar-refractivity contribution in [2.45, 2.75) is 33.3 Å². The maximum atomic E-state index is 12.3. The van der Waals surface area contributed by atoms with Gasteiger partial charge in [0.2, 0.25) is 0 Å². The standard InChI is InChI=1S/C14H16N2O4/c1-7-15-9-6-5-8(12(17)18)10(11(9)16-7)13(19)20-14(2,3)4/h5-6H,1-4H3,(H,15,16)(H,17,18). The number of rotatable bonds is 2. The fourth-order valence-electron chi connectivity index (χ4n) is 1.91. The minimum Gasteiger partial charge on any atom is -0.478 e. The van der Waals surface area contributed by atoms with Gasteiger partial charge in [-0.25, -0.2) is 14.6 Å². The van der Waals surface area contributed by atoms with Gasteiger partial charge in [0, 0.05) is 0 Å². The summed E-state index contributed by atoms with van der Waals surface area (Å²) in [5.41, 5.74) is 0.0814. The van der Waals surface area contributed by atoms with Gasteiger partial charge >= 0.3 is 11.9 Å². The lowest BCUT2D eigenvalue weighted by atomic mass is 10.1. The molecule has 2 aromatic rings. The highest BCUT2D eigenvalue weighted by molar-refractivity contribution is 6.10. The van der Waals surface area contributed by atoms with Crippen LogP contribution in [-0.4, -0.2) is 32.6 Å². The van der Waals surface area contributed by atoms with Crippen molar-refractivity contribution in [2.75, 3.05) is 0 Å². The van der Waals surface area contributed by atoms with Crippen molar-refractivity contribution < 1.29 is 19.4 Å². The lowest BCUT2D eigenvalue weighted by Gasteiger charge is -2.20. The summed E-state index contributed by atoms with van der Waals surface area (Å²) in [6, 6.07) is 2.97. The van der Waals surface area contributed by atoms with Crippen LogP contribution in [0.1, 0.15) is 47.3 Å². The molecule has 0 amide bonds. The van der Waals surface area contributed by atoms with E-state index in [1.807, 2.05) is 0 Å². The van der Waals surface area contributed by atoms with Crippen molar-refractivity contribution in [3.8, 4) is 0 Å². The second-order valence-corrected chi connectivity index (χ2v) is 5.51. The van der Waals surface area contributed by atoms with E-state index in [9.17, 15) is 14.7 Å². The van der Waals surface area contributed by atoms with Crippen molar-refractivity contribution in [3.63, 3.8) is 0 Å². The molecule has 0 aliphatic carbocycles. The third kappa shape index (κ3) is 2.64. The first-order chi connectivity index (χ1) is 9.19. The van der Waals surface area contributed by atoms with Crippen molar-refractivity contribution in [1.82, 2.24) is 9.97 Å². The van der Waals surface area contributed by atoms with Crippen LogP contribution in [0.15, 0.2) is 12.1 Å². The number of aromatic amines is 1. The van der Waals surface area contributed by atoms with E-state index < -0.39 is 17.5 Å². The molecule has 6 heteroatoms. The zero-order valence-electron chi connectivity index (χ0n) is 11.8. The van der Waals surface area contributed by atoms with E-state index in [1.165, 1.54) is 6.07 Å². The minimum atomic E-state index is -1.19. The lowest BCUT2D eigenvalue weighted by molar-refractivity contribution is 0.00680. The molecule has 1 heterocycles. The Hall–Kier alpha value is -2.37. The number of carbonyl (C=O) groups excluding carboxylic acids is 1. The van der Waals surface area contributed by atoms with Gasteiger partial charge in [0.25, 0.3) is 0 Å². The lowest BCUT2D eigenvalue weighted by Crippen LogP contribution is -2.25. The predicted molar refractivity (Wildman–Crippen MR) is 73.0 cm³/mol. The van der Waals surface area contributed by atoms with Gasteiger partial charge in [-0.2, -0.15) is 0 Å². The number of aromatic nitrogens is 2. The molecule has 0 unspecified atom stereocenters. The molecule has 0 saturated heterocycles. The van der Waals surface area contributed by atoms with Gasteiger partial charge < -0.3 is 14.8 Å². The van der Waals surface area contributed by atoms with Gasteiger partial charge in [0.05, 0.1) is 11.1 Å². The zero-order valence-corrected chi connectivity index (χ0v) is 11.8. The molecule has 0 aliphatic heterocycles. The summed E-state index contributed by atoms with van der Waals surface area (Å²) in [6.07, 6.45) is 0. The summed E-state index contributed by atoms with van der Waals surface area (Å²) in [6.45, 7) is 6.91. The number of hydrogen-bond acceptors (Lipinski definition) is 4. The van der Waals surface area contributed by atoms with Crippen molar-refractivity contribution in [3.05, 3.63) is 29.1 Å². The Kier molecular flexibility index (Phi) is 3.25. The van der Waals surface area contributed by atoms with Gasteiger partial charge in [0.15, 0.2) is 0 Å². The van der Waals surface area contributed by atoms with Crippen molar-refractivity contribution in [1.29, 1.82) is 0 Å². The number of fused-ring (bicyclic) bond motifs is 1. The number of nitrogens with one attached hydrogen (secondary N) is 1. The first-order valence-corrected chi connectivity index (χ1v) is 6.15. The van der Waals surface area contributed by atoms with Gasteiger partial charge in [-0.15, -0.1) is 0 Å². The number of imidazole rings is 1. The molecule has 0 fully saturated rings. The number of carboxylic acids is 1. The Labute approximate surface area is 115 Å². The minimum absolute atomic E-state index is 0.0192. The highest BCUT2D eigenvalue weighted by Crippen LogP contribution is 2.24. The number of aromatic carboxylic acids is 1. The normalized spacial score (nSPS) is 11.6. The molecule has 0 spiro atoms. The Balaban J connectivity index is 2.66. The molecule has 1 aromatic carbocycles. The first kappa shape index (κ1) is 14.0. The van der Waals surface area contributed by atoms with Crippen LogP contribution in [-0.2, 0) is 4.74 Å². The Bertz CT molecular complexity index is 695. The van der Waals surface area contributed by atoms with Gasteiger partial charge in [-0.3, -0.25) is 0 Å². The first-order valence-electron chi connectivity index (χ1n) is 6.15. The molecule has 2 rings (SSSR count). The zero-order chi connectivity index (χ0) is 15.1. The number of carbonyl (C=O) groups is 2. The average Bonchev–Trinajstić information content (AvgIpc) is 2.64. The predicted octanol–water partition coefficient (Wildman–Crippen LogP) is 2.52. The second kappa shape index (κ2) is 4.63. The van der Waals surface area contributed by atoms with Gasteiger partial charge in [-0.1, -0.05) is 0 Å². The smallest absolute Gasteiger partial charge is 0.341 e. The number of ether oxygens (including phenoxy) is 1. The number of esters is 1. The molecule has 106 valence electrons. The van der Waals surface area contributed by atoms with Crippen LogP contribution in [0.3, 0.4) is 0 Å². The van der Waals surface area contributed by atoms with Crippen LogP contribution in [0.25, 0.3) is 11.0 Å².